The smallest absolute Gasteiger partial charge is 0.216 e. The molecule has 0 fully saturated rings. The molecule has 0 aliphatic heterocycles. The number of rotatable bonds is 6. The fraction of sp³-hybridized carbons (Fsp3) is 0.417. The lowest BCUT2D eigenvalue weighted by molar-refractivity contribution is -0.118. The molecule has 94 valence electrons. The molecule has 1 aromatic rings. The fourth-order valence-corrected chi connectivity index (χ4v) is 1.35. The molecule has 0 radical (unpaired) electrons. The van der Waals surface area contributed by atoms with Crippen LogP contribution in [-0.4, -0.2) is 33.2 Å². The number of benzene rings is 1. The molecule has 0 heterocycles. The maximum absolute atomic E-state index is 10.7. The Kier molecular flexibility index (Phi) is 5.13. The number of anilines is 1. The maximum atomic E-state index is 10.7. The van der Waals surface area contributed by atoms with E-state index in [-0.39, 0.29) is 5.91 Å². The van der Waals surface area contributed by atoms with Gasteiger partial charge in [0.2, 0.25) is 5.91 Å². The van der Waals surface area contributed by atoms with E-state index < -0.39 is 0 Å². The Balaban J connectivity index is 2.54. The van der Waals surface area contributed by atoms with Crippen molar-refractivity contribution in [3.63, 3.8) is 0 Å². The molecule has 0 saturated heterocycles. The van der Waals surface area contributed by atoms with Gasteiger partial charge >= 0.3 is 0 Å². The summed E-state index contributed by atoms with van der Waals surface area (Å²) in [5, 5.41) is 5.88. The van der Waals surface area contributed by atoms with Gasteiger partial charge in [0.15, 0.2) is 0 Å². The fourth-order valence-electron chi connectivity index (χ4n) is 1.35. The van der Waals surface area contributed by atoms with Crippen molar-refractivity contribution in [2.24, 2.45) is 0 Å². The van der Waals surface area contributed by atoms with Crippen molar-refractivity contribution >= 4 is 11.6 Å². The Morgan fingerprint density at radius 1 is 1.12 bits per heavy atom. The molecular formula is C12H18N2O3. The van der Waals surface area contributed by atoms with Crippen molar-refractivity contribution in [3.8, 4) is 11.5 Å². The second-order valence-corrected chi connectivity index (χ2v) is 3.51. The van der Waals surface area contributed by atoms with E-state index in [1.165, 1.54) is 6.92 Å². The van der Waals surface area contributed by atoms with Crippen molar-refractivity contribution in [2.75, 3.05) is 32.6 Å². The number of carbonyl (C=O) groups is 1. The van der Waals surface area contributed by atoms with E-state index in [9.17, 15) is 4.79 Å². The molecule has 0 atom stereocenters. The standard InChI is InChI=1S/C12H18N2O3/c1-9(15)13-4-5-14-10-6-11(16-2)8-12(7-10)17-3/h6-8,14H,4-5H2,1-3H3,(H,13,15). The first kappa shape index (κ1) is 13.2. The van der Waals surface area contributed by atoms with Crippen molar-refractivity contribution in [3.05, 3.63) is 18.2 Å². The maximum Gasteiger partial charge on any atom is 0.216 e. The third kappa shape index (κ3) is 4.63. The number of nitrogens with one attached hydrogen (secondary N) is 2. The first-order chi connectivity index (χ1) is 8.15. The van der Waals surface area contributed by atoms with Crippen LogP contribution < -0.4 is 20.1 Å². The first-order valence-corrected chi connectivity index (χ1v) is 5.37. The number of hydrogen-bond acceptors (Lipinski definition) is 4. The highest BCUT2D eigenvalue weighted by atomic mass is 16.5. The van der Waals surface area contributed by atoms with Crippen LogP contribution in [0.5, 0.6) is 11.5 Å². The van der Waals surface area contributed by atoms with Gasteiger partial charge in [-0.15, -0.1) is 0 Å². The van der Waals surface area contributed by atoms with Crippen LogP contribution in [0.3, 0.4) is 0 Å². The van der Waals surface area contributed by atoms with Crippen LogP contribution in [-0.2, 0) is 4.79 Å². The molecule has 5 nitrogen and oxygen atoms in total. The summed E-state index contributed by atoms with van der Waals surface area (Å²) in [5.74, 6) is 1.42. The van der Waals surface area contributed by atoms with Crippen LogP contribution >= 0.6 is 0 Å². The van der Waals surface area contributed by atoms with Crippen molar-refractivity contribution < 1.29 is 14.3 Å². The zero-order valence-electron chi connectivity index (χ0n) is 10.4. The highest BCUT2D eigenvalue weighted by molar-refractivity contribution is 5.72. The molecule has 0 aliphatic rings. The van der Waals surface area contributed by atoms with Crippen LogP contribution in [0, 0.1) is 0 Å². The SMILES string of the molecule is COc1cc(NCCNC(C)=O)cc(OC)c1. The molecule has 2 N–H and O–H groups in total. The number of amides is 1. The first-order valence-electron chi connectivity index (χ1n) is 5.37. The van der Waals surface area contributed by atoms with Crippen LogP contribution in [0.2, 0.25) is 0 Å². The second kappa shape index (κ2) is 6.62. The van der Waals surface area contributed by atoms with Crippen LogP contribution in [0.15, 0.2) is 18.2 Å². The highest BCUT2D eigenvalue weighted by Crippen LogP contribution is 2.25. The molecule has 1 rings (SSSR count). The minimum atomic E-state index is -0.0324. The monoisotopic (exact) mass is 238 g/mol. The summed E-state index contributed by atoms with van der Waals surface area (Å²) >= 11 is 0. The third-order valence-electron chi connectivity index (χ3n) is 2.18. The van der Waals surface area contributed by atoms with E-state index >= 15 is 0 Å². The predicted octanol–water partition coefficient (Wildman–Crippen LogP) is 1.25. The lowest BCUT2D eigenvalue weighted by Crippen LogP contribution is -2.26. The molecule has 0 aromatic heterocycles. The van der Waals surface area contributed by atoms with Gasteiger partial charge in [-0.2, -0.15) is 0 Å². The third-order valence-corrected chi connectivity index (χ3v) is 2.18. The minimum Gasteiger partial charge on any atom is -0.497 e. The Labute approximate surface area is 101 Å². The van der Waals surface area contributed by atoms with E-state index in [0.29, 0.717) is 13.1 Å². The Morgan fingerprint density at radius 2 is 1.71 bits per heavy atom. The van der Waals surface area contributed by atoms with E-state index in [0.717, 1.165) is 17.2 Å². The summed E-state index contributed by atoms with van der Waals surface area (Å²) in [4.78, 5) is 10.7. The lowest BCUT2D eigenvalue weighted by atomic mass is 10.2. The van der Waals surface area contributed by atoms with Gasteiger partial charge in [-0.25, -0.2) is 0 Å². The van der Waals surface area contributed by atoms with Crippen molar-refractivity contribution in [1.29, 1.82) is 0 Å². The molecule has 1 aromatic carbocycles. The molecule has 17 heavy (non-hydrogen) atoms. The Morgan fingerprint density at radius 3 is 2.18 bits per heavy atom. The normalized spacial score (nSPS) is 9.59. The van der Waals surface area contributed by atoms with E-state index in [1.54, 1.807) is 20.3 Å². The summed E-state index contributed by atoms with van der Waals surface area (Å²) in [6, 6.07) is 5.55. The summed E-state index contributed by atoms with van der Waals surface area (Å²) in [6.45, 7) is 2.72. The van der Waals surface area contributed by atoms with Gasteiger partial charge in [0.1, 0.15) is 11.5 Å². The van der Waals surface area contributed by atoms with Gasteiger partial charge < -0.3 is 20.1 Å². The number of ether oxygens (including phenoxy) is 2. The average Bonchev–Trinajstić information content (AvgIpc) is 2.34. The molecule has 1 amide bonds. The molecule has 0 spiro atoms. The van der Waals surface area contributed by atoms with Gasteiger partial charge in [0.05, 0.1) is 14.2 Å². The molecular weight excluding hydrogens is 220 g/mol. The van der Waals surface area contributed by atoms with E-state index in [1.807, 2.05) is 12.1 Å². The summed E-state index contributed by atoms with van der Waals surface area (Å²) in [7, 11) is 3.21. The molecule has 0 saturated carbocycles. The van der Waals surface area contributed by atoms with Gasteiger partial charge in [-0.3, -0.25) is 4.79 Å². The summed E-state index contributed by atoms with van der Waals surface area (Å²) in [6.07, 6.45) is 0. The highest BCUT2D eigenvalue weighted by Gasteiger charge is 2.01. The van der Waals surface area contributed by atoms with Crippen molar-refractivity contribution in [1.82, 2.24) is 5.32 Å². The summed E-state index contributed by atoms with van der Waals surface area (Å²) in [5.41, 5.74) is 0.895. The predicted molar refractivity (Wildman–Crippen MR) is 66.7 cm³/mol. The second-order valence-electron chi connectivity index (χ2n) is 3.51. The Bertz CT molecular complexity index is 358. The quantitative estimate of drug-likeness (QED) is 0.732. The van der Waals surface area contributed by atoms with E-state index in [4.69, 9.17) is 9.47 Å². The Hall–Kier alpha value is -1.91. The minimum absolute atomic E-state index is 0.0324. The van der Waals surface area contributed by atoms with Crippen molar-refractivity contribution in [2.45, 2.75) is 6.92 Å². The molecule has 5 heteroatoms. The van der Waals surface area contributed by atoms with Crippen LogP contribution in [0.1, 0.15) is 6.92 Å². The van der Waals surface area contributed by atoms with Gasteiger partial charge in [-0.05, 0) is 0 Å². The topological polar surface area (TPSA) is 59.6 Å². The number of carbonyl (C=O) groups excluding carboxylic acids is 1. The van der Waals surface area contributed by atoms with Gasteiger partial charge in [-0.1, -0.05) is 0 Å². The zero-order valence-corrected chi connectivity index (χ0v) is 10.4. The van der Waals surface area contributed by atoms with Crippen LogP contribution in [0.4, 0.5) is 5.69 Å². The van der Waals surface area contributed by atoms with Gasteiger partial charge in [0, 0.05) is 43.9 Å². The molecule has 0 unspecified atom stereocenters. The molecule has 0 bridgehead atoms. The number of hydrogen-bond donors (Lipinski definition) is 2. The summed E-state index contributed by atoms with van der Waals surface area (Å²) < 4.78 is 10.3. The van der Waals surface area contributed by atoms with Crippen LogP contribution in [0.25, 0.3) is 0 Å². The average molecular weight is 238 g/mol. The lowest BCUT2D eigenvalue weighted by Gasteiger charge is -2.10. The van der Waals surface area contributed by atoms with Gasteiger partial charge in [0.25, 0.3) is 0 Å². The van der Waals surface area contributed by atoms with E-state index in [2.05, 4.69) is 10.6 Å². The molecule has 0 aliphatic carbocycles. The zero-order chi connectivity index (χ0) is 12.7. The number of methoxy groups -OCH3 is 2. The largest absolute Gasteiger partial charge is 0.497 e.